The quantitative estimate of drug-likeness (QED) is 0.741. The summed E-state index contributed by atoms with van der Waals surface area (Å²) in [5.41, 5.74) is 0.878. The second kappa shape index (κ2) is 8.96. The van der Waals surface area contributed by atoms with Crippen LogP contribution in [-0.2, 0) is 21.4 Å². The summed E-state index contributed by atoms with van der Waals surface area (Å²) < 4.78 is 34.3. The Balaban J connectivity index is 1.65. The van der Waals surface area contributed by atoms with Gasteiger partial charge in [-0.3, -0.25) is 4.79 Å². The molecule has 0 bridgehead atoms. The normalized spacial score (nSPS) is 18.0. The number of carbonyl (C=O) groups excluding carboxylic acids is 1. The lowest BCUT2D eigenvalue weighted by atomic mass is 9.98. The SMILES string of the molecule is COc1ccccc1CNC(=O)[C@@H]1CCCN(S(=O)(=O)c2cn(C(C)C)cn2)C1. The van der Waals surface area contributed by atoms with Crippen LogP contribution in [0, 0.1) is 5.92 Å². The van der Waals surface area contributed by atoms with Crippen LogP contribution in [0.3, 0.4) is 0 Å². The van der Waals surface area contributed by atoms with Gasteiger partial charge in [-0.15, -0.1) is 0 Å². The van der Waals surface area contributed by atoms with E-state index in [2.05, 4.69) is 10.3 Å². The molecule has 158 valence electrons. The summed E-state index contributed by atoms with van der Waals surface area (Å²) in [6.45, 7) is 4.81. The summed E-state index contributed by atoms with van der Waals surface area (Å²) in [6.07, 6.45) is 4.37. The van der Waals surface area contributed by atoms with Crippen molar-refractivity contribution in [3.8, 4) is 5.75 Å². The minimum Gasteiger partial charge on any atom is -0.496 e. The number of piperidine rings is 1. The van der Waals surface area contributed by atoms with Crippen molar-refractivity contribution in [1.29, 1.82) is 0 Å². The molecule has 8 nitrogen and oxygen atoms in total. The molecule has 1 N–H and O–H groups in total. The van der Waals surface area contributed by atoms with E-state index in [-0.39, 0.29) is 29.4 Å². The Labute approximate surface area is 171 Å². The first-order valence-corrected chi connectivity index (χ1v) is 11.2. The molecule has 0 radical (unpaired) electrons. The maximum atomic E-state index is 13.0. The van der Waals surface area contributed by atoms with Gasteiger partial charge in [0.15, 0.2) is 5.03 Å². The third kappa shape index (κ3) is 4.79. The van der Waals surface area contributed by atoms with Crippen LogP contribution in [0.2, 0.25) is 0 Å². The van der Waals surface area contributed by atoms with Gasteiger partial charge < -0.3 is 14.6 Å². The second-order valence-electron chi connectivity index (χ2n) is 7.48. The van der Waals surface area contributed by atoms with Crippen molar-refractivity contribution < 1.29 is 17.9 Å². The highest BCUT2D eigenvalue weighted by atomic mass is 32.2. The summed E-state index contributed by atoms with van der Waals surface area (Å²) in [4.78, 5) is 16.7. The number of imidazole rings is 1. The molecule has 2 aromatic rings. The molecule has 1 fully saturated rings. The molecule has 1 aromatic heterocycles. The summed E-state index contributed by atoms with van der Waals surface area (Å²) in [7, 11) is -2.13. The zero-order chi connectivity index (χ0) is 21.0. The minimum atomic E-state index is -3.72. The predicted molar refractivity (Wildman–Crippen MR) is 109 cm³/mol. The molecular weight excluding hydrogens is 392 g/mol. The Kier molecular flexibility index (Phi) is 6.59. The highest BCUT2D eigenvalue weighted by Crippen LogP contribution is 2.24. The number of benzene rings is 1. The van der Waals surface area contributed by atoms with Crippen molar-refractivity contribution in [2.75, 3.05) is 20.2 Å². The van der Waals surface area contributed by atoms with Crippen molar-refractivity contribution in [3.63, 3.8) is 0 Å². The van der Waals surface area contributed by atoms with Crippen LogP contribution in [0.4, 0.5) is 0 Å². The molecule has 1 aliphatic heterocycles. The molecule has 9 heteroatoms. The Morgan fingerprint density at radius 1 is 1.34 bits per heavy atom. The first kappa shape index (κ1) is 21.3. The van der Waals surface area contributed by atoms with E-state index in [0.717, 1.165) is 5.56 Å². The van der Waals surface area contributed by atoms with Crippen LogP contribution in [0.15, 0.2) is 41.8 Å². The largest absolute Gasteiger partial charge is 0.496 e. The number of para-hydroxylation sites is 1. The van der Waals surface area contributed by atoms with E-state index in [4.69, 9.17) is 4.74 Å². The molecule has 1 amide bonds. The van der Waals surface area contributed by atoms with E-state index >= 15 is 0 Å². The Bertz CT molecular complexity index is 955. The van der Waals surface area contributed by atoms with Crippen molar-refractivity contribution >= 4 is 15.9 Å². The molecule has 0 saturated carbocycles. The number of sulfonamides is 1. The van der Waals surface area contributed by atoms with E-state index < -0.39 is 10.0 Å². The van der Waals surface area contributed by atoms with E-state index in [9.17, 15) is 13.2 Å². The van der Waals surface area contributed by atoms with E-state index in [0.29, 0.717) is 31.7 Å². The molecule has 0 aliphatic carbocycles. The number of aromatic nitrogens is 2. The molecular formula is C20H28N4O4S. The van der Waals surface area contributed by atoms with E-state index in [1.165, 1.54) is 10.6 Å². The van der Waals surface area contributed by atoms with Crippen LogP contribution in [0.1, 0.15) is 38.3 Å². The van der Waals surface area contributed by atoms with Gasteiger partial charge in [0.1, 0.15) is 5.75 Å². The van der Waals surface area contributed by atoms with Crippen LogP contribution in [0.25, 0.3) is 0 Å². The third-order valence-corrected chi connectivity index (χ3v) is 6.93. The highest BCUT2D eigenvalue weighted by molar-refractivity contribution is 7.89. The van der Waals surface area contributed by atoms with Crippen LogP contribution >= 0.6 is 0 Å². The molecule has 1 saturated heterocycles. The van der Waals surface area contributed by atoms with E-state index in [1.807, 2.05) is 38.1 Å². The van der Waals surface area contributed by atoms with Gasteiger partial charge in [0.2, 0.25) is 5.91 Å². The smallest absolute Gasteiger partial charge is 0.262 e. The van der Waals surface area contributed by atoms with Crippen LogP contribution in [0.5, 0.6) is 5.75 Å². The summed E-state index contributed by atoms with van der Waals surface area (Å²) in [5, 5.41) is 2.94. The number of amides is 1. The summed E-state index contributed by atoms with van der Waals surface area (Å²) >= 11 is 0. The van der Waals surface area contributed by atoms with Gasteiger partial charge in [-0.05, 0) is 32.8 Å². The number of hydrogen-bond acceptors (Lipinski definition) is 5. The Morgan fingerprint density at radius 3 is 2.79 bits per heavy atom. The molecule has 2 heterocycles. The number of ether oxygens (including phenoxy) is 1. The fourth-order valence-corrected chi connectivity index (χ4v) is 4.86. The molecule has 3 rings (SSSR count). The number of rotatable bonds is 7. The average molecular weight is 421 g/mol. The van der Waals surface area contributed by atoms with Gasteiger partial charge in [-0.25, -0.2) is 13.4 Å². The second-order valence-corrected chi connectivity index (χ2v) is 9.37. The fourth-order valence-electron chi connectivity index (χ4n) is 3.42. The molecule has 1 aliphatic rings. The number of methoxy groups -OCH3 is 1. The molecule has 1 aromatic carbocycles. The monoisotopic (exact) mass is 420 g/mol. The van der Waals surface area contributed by atoms with Crippen molar-refractivity contribution in [1.82, 2.24) is 19.2 Å². The van der Waals surface area contributed by atoms with Gasteiger partial charge in [0.05, 0.1) is 19.4 Å². The van der Waals surface area contributed by atoms with Crippen LogP contribution < -0.4 is 10.1 Å². The van der Waals surface area contributed by atoms with Gasteiger partial charge in [-0.1, -0.05) is 18.2 Å². The standard InChI is InChI=1S/C20H28N4O4S/c1-15(2)23-13-19(22-14-23)29(26,27)24-10-6-8-17(12-24)20(25)21-11-16-7-4-5-9-18(16)28-3/h4-5,7,9,13-15,17H,6,8,10-12H2,1-3H3,(H,21,25)/t17-/m1/s1. The van der Waals surface area contributed by atoms with Crippen molar-refractivity contribution in [3.05, 3.63) is 42.4 Å². The summed E-state index contributed by atoms with van der Waals surface area (Å²) in [5.74, 6) is 0.172. The number of nitrogens with one attached hydrogen (secondary N) is 1. The lowest BCUT2D eigenvalue weighted by Gasteiger charge is -2.30. The predicted octanol–water partition coefficient (Wildman–Crippen LogP) is 2.19. The first-order chi connectivity index (χ1) is 13.8. The van der Waals surface area contributed by atoms with Gasteiger partial charge in [-0.2, -0.15) is 4.31 Å². The maximum Gasteiger partial charge on any atom is 0.262 e. The fraction of sp³-hybridized carbons (Fsp3) is 0.500. The van der Waals surface area contributed by atoms with Gasteiger partial charge in [0, 0.05) is 37.4 Å². The molecule has 0 spiro atoms. The van der Waals surface area contributed by atoms with Crippen LogP contribution in [-0.4, -0.2) is 48.4 Å². The molecule has 1 atom stereocenters. The van der Waals surface area contributed by atoms with Crippen molar-refractivity contribution in [2.24, 2.45) is 5.92 Å². The molecule has 29 heavy (non-hydrogen) atoms. The zero-order valence-corrected chi connectivity index (χ0v) is 17.9. The number of nitrogens with zero attached hydrogens (tertiary/aromatic N) is 3. The van der Waals surface area contributed by atoms with Gasteiger partial charge >= 0.3 is 0 Å². The Hall–Kier alpha value is -2.39. The lowest BCUT2D eigenvalue weighted by Crippen LogP contribution is -2.45. The van der Waals surface area contributed by atoms with Gasteiger partial charge in [0.25, 0.3) is 10.0 Å². The number of hydrogen-bond donors (Lipinski definition) is 1. The highest BCUT2D eigenvalue weighted by Gasteiger charge is 2.34. The number of carbonyl (C=O) groups is 1. The maximum absolute atomic E-state index is 13.0. The Morgan fingerprint density at radius 2 is 2.10 bits per heavy atom. The first-order valence-electron chi connectivity index (χ1n) is 9.76. The minimum absolute atomic E-state index is 0.0290. The topological polar surface area (TPSA) is 93.5 Å². The lowest BCUT2D eigenvalue weighted by molar-refractivity contribution is -0.126. The zero-order valence-electron chi connectivity index (χ0n) is 17.0. The molecule has 0 unspecified atom stereocenters. The third-order valence-electron chi connectivity index (χ3n) is 5.18. The van der Waals surface area contributed by atoms with Crippen molar-refractivity contribution in [2.45, 2.75) is 44.3 Å². The van der Waals surface area contributed by atoms with E-state index in [1.54, 1.807) is 17.9 Å². The average Bonchev–Trinajstić information content (AvgIpc) is 3.24. The summed E-state index contributed by atoms with van der Waals surface area (Å²) in [6, 6.07) is 7.61.